The minimum Gasteiger partial charge on any atom is -0.326 e. The van der Waals surface area contributed by atoms with E-state index in [0.29, 0.717) is 28.9 Å². The molecule has 0 atom stereocenters. The van der Waals surface area contributed by atoms with Crippen LogP contribution in [-0.4, -0.2) is 23.6 Å². The first kappa shape index (κ1) is 16.4. The van der Waals surface area contributed by atoms with Gasteiger partial charge in [-0.05, 0) is 42.5 Å². The summed E-state index contributed by atoms with van der Waals surface area (Å²) in [4.78, 5) is 46.8. The van der Waals surface area contributed by atoms with E-state index in [1.165, 1.54) is 12.1 Å². The van der Waals surface area contributed by atoms with Crippen LogP contribution in [0.4, 0.5) is 11.4 Å². The van der Waals surface area contributed by atoms with Gasteiger partial charge in [-0.25, -0.2) is 0 Å². The Labute approximate surface area is 143 Å². The fraction of sp³-hybridized carbons (Fsp3) is 0.111. The number of rotatable bonds is 4. The first-order valence-corrected chi connectivity index (χ1v) is 7.69. The van der Waals surface area contributed by atoms with Gasteiger partial charge in [0.05, 0.1) is 11.1 Å². The Kier molecular flexibility index (Phi) is 4.30. The molecule has 3 rings (SSSR count). The molecule has 0 saturated heterocycles. The SMILES string of the molecule is CCC(=O)Nc1ccc(C(=O)Nc2ccc3c(c2)C(=O)NC3=O)cc1. The van der Waals surface area contributed by atoms with E-state index in [2.05, 4.69) is 16.0 Å². The summed E-state index contributed by atoms with van der Waals surface area (Å²) < 4.78 is 0. The second kappa shape index (κ2) is 6.56. The van der Waals surface area contributed by atoms with E-state index in [4.69, 9.17) is 0 Å². The Hall–Kier alpha value is -3.48. The largest absolute Gasteiger partial charge is 0.326 e. The number of hydrogen-bond donors (Lipinski definition) is 3. The molecule has 2 aromatic rings. The van der Waals surface area contributed by atoms with Gasteiger partial charge in [-0.3, -0.25) is 24.5 Å². The van der Waals surface area contributed by atoms with E-state index in [1.54, 1.807) is 37.3 Å². The van der Waals surface area contributed by atoms with Crippen LogP contribution in [0.1, 0.15) is 44.4 Å². The van der Waals surface area contributed by atoms with Crippen LogP contribution in [0.3, 0.4) is 0 Å². The molecule has 7 nitrogen and oxygen atoms in total. The average molecular weight is 337 g/mol. The second-order valence-electron chi connectivity index (χ2n) is 5.48. The number of imide groups is 1. The van der Waals surface area contributed by atoms with Crippen LogP contribution in [0.25, 0.3) is 0 Å². The molecule has 0 saturated carbocycles. The van der Waals surface area contributed by atoms with Crippen molar-refractivity contribution in [3.05, 3.63) is 59.2 Å². The van der Waals surface area contributed by atoms with Crippen molar-refractivity contribution in [2.45, 2.75) is 13.3 Å². The number of nitrogens with one attached hydrogen (secondary N) is 3. The maximum Gasteiger partial charge on any atom is 0.259 e. The van der Waals surface area contributed by atoms with Crippen molar-refractivity contribution < 1.29 is 19.2 Å². The zero-order chi connectivity index (χ0) is 18.0. The third-order valence-corrected chi connectivity index (χ3v) is 3.75. The smallest absolute Gasteiger partial charge is 0.259 e. The summed E-state index contributed by atoms with van der Waals surface area (Å²) in [6.07, 6.45) is 0.372. The van der Waals surface area contributed by atoms with E-state index in [0.717, 1.165) is 0 Å². The van der Waals surface area contributed by atoms with E-state index < -0.39 is 11.8 Å². The Balaban J connectivity index is 1.72. The van der Waals surface area contributed by atoms with Crippen molar-refractivity contribution in [2.24, 2.45) is 0 Å². The topological polar surface area (TPSA) is 104 Å². The highest BCUT2D eigenvalue weighted by Gasteiger charge is 2.26. The van der Waals surface area contributed by atoms with Gasteiger partial charge in [0.1, 0.15) is 0 Å². The lowest BCUT2D eigenvalue weighted by Gasteiger charge is -2.08. The van der Waals surface area contributed by atoms with Gasteiger partial charge in [0.25, 0.3) is 17.7 Å². The lowest BCUT2D eigenvalue weighted by Crippen LogP contribution is -2.19. The molecule has 25 heavy (non-hydrogen) atoms. The molecule has 0 unspecified atom stereocenters. The lowest BCUT2D eigenvalue weighted by molar-refractivity contribution is -0.115. The summed E-state index contributed by atoms with van der Waals surface area (Å²) in [5.74, 6) is -1.39. The molecule has 1 heterocycles. The van der Waals surface area contributed by atoms with Crippen LogP contribution in [0.15, 0.2) is 42.5 Å². The molecule has 126 valence electrons. The predicted molar refractivity (Wildman–Crippen MR) is 91.6 cm³/mol. The van der Waals surface area contributed by atoms with Gasteiger partial charge in [-0.2, -0.15) is 0 Å². The molecule has 4 amide bonds. The highest BCUT2D eigenvalue weighted by atomic mass is 16.2. The molecule has 0 fully saturated rings. The first-order chi connectivity index (χ1) is 12.0. The maximum absolute atomic E-state index is 12.3. The van der Waals surface area contributed by atoms with Crippen LogP contribution < -0.4 is 16.0 Å². The highest BCUT2D eigenvalue weighted by Crippen LogP contribution is 2.21. The second-order valence-corrected chi connectivity index (χ2v) is 5.48. The Morgan fingerprint density at radius 1 is 0.880 bits per heavy atom. The van der Waals surface area contributed by atoms with Gasteiger partial charge in [0, 0.05) is 23.4 Å². The van der Waals surface area contributed by atoms with Crippen molar-refractivity contribution in [1.82, 2.24) is 5.32 Å². The summed E-state index contributed by atoms with van der Waals surface area (Å²) in [6, 6.07) is 11.0. The third-order valence-electron chi connectivity index (χ3n) is 3.75. The minimum absolute atomic E-state index is 0.108. The normalized spacial score (nSPS) is 12.4. The number of hydrogen-bond acceptors (Lipinski definition) is 4. The molecular formula is C18H15N3O4. The number of amides is 4. The fourth-order valence-electron chi connectivity index (χ4n) is 2.40. The standard InChI is InChI=1S/C18H15N3O4/c1-2-15(22)19-11-5-3-10(4-6-11)16(23)20-12-7-8-13-14(9-12)18(25)21-17(13)24/h3-9H,2H2,1H3,(H,19,22)(H,20,23)(H,21,24,25). The maximum atomic E-state index is 12.3. The molecule has 0 radical (unpaired) electrons. The summed E-state index contributed by atoms with van der Waals surface area (Å²) in [6.45, 7) is 1.75. The van der Waals surface area contributed by atoms with Gasteiger partial charge in [-0.15, -0.1) is 0 Å². The molecule has 2 aromatic carbocycles. The number of carbonyl (C=O) groups is 4. The van der Waals surface area contributed by atoms with E-state index in [1.807, 2.05) is 0 Å². The fourth-order valence-corrected chi connectivity index (χ4v) is 2.40. The third kappa shape index (κ3) is 3.40. The molecule has 0 spiro atoms. The summed E-state index contributed by atoms with van der Waals surface area (Å²) in [5.41, 5.74) is 1.95. The molecular weight excluding hydrogens is 322 g/mol. The number of carbonyl (C=O) groups excluding carboxylic acids is 4. The average Bonchev–Trinajstić information content (AvgIpc) is 2.89. The van der Waals surface area contributed by atoms with E-state index in [9.17, 15) is 19.2 Å². The summed E-state index contributed by atoms with van der Waals surface area (Å²) in [7, 11) is 0. The predicted octanol–water partition coefficient (Wildman–Crippen LogP) is 2.17. The lowest BCUT2D eigenvalue weighted by atomic mass is 10.1. The Bertz CT molecular complexity index is 888. The van der Waals surface area contributed by atoms with Crippen LogP contribution in [0, 0.1) is 0 Å². The molecule has 1 aliphatic heterocycles. The number of benzene rings is 2. The van der Waals surface area contributed by atoms with Gasteiger partial charge in [0.15, 0.2) is 0 Å². The molecule has 3 N–H and O–H groups in total. The summed E-state index contributed by atoms with van der Waals surface area (Å²) in [5, 5.41) is 7.57. The van der Waals surface area contributed by atoms with Crippen LogP contribution in [-0.2, 0) is 4.79 Å². The van der Waals surface area contributed by atoms with Crippen molar-refractivity contribution in [3.63, 3.8) is 0 Å². The summed E-state index contributed by atoms with van der Waals surface area (Å²) >= 11 is 0. The van der Waals surface area contributed by atoms with Crippen molar-refractivity contribution in [2.75, 3.05) is 10.6 Å². The van der Waals surface area contributed by atoms with Gasteiger partial charge >= 0.3 is 0 Å². The Morgan fingerprint density at radius 2 is 1.52 bits per heavy atom. The minimum atomic E-state index is -0.480. The molecule has 0 aromatic heterocycles. The quantitative estimate of drug-likeness (QED) is 0.744. The monoisotopic (exact) mass is 337 g/mol. The number of anilines is 2. The van der Waals surface area contributed by atoms with Crippen LogP contribution in [0.5, 0.6) is 0 Å². The van der Waals surface area contributed by atoms with Crippen LogP contribution >= 0.6 is 0 Å². The van der Waals surface area contributed by atoms with Gasteiger partial charge < -0.3 is 10.6 Å². The van der Waals surface area contributed by atoms with Crippen molar-refractivity contribution in [3.8, 4) is 0 Å². The van der Waals surface area contributed by atoms with E-state index in [-0.39, 0.29) is 17.4 Å². The van der Waals surface area contributed by atoms with Crippen LogP contribution in [0.2, 0.25) is 0 Å². The van der Waals surface area contributed by atoms with Gasteiger partial charge in [-0.1, -0.05) is 6.92 Å². The van der Waals surface area contributed by atoms with Gasteiger partial charge in [0.2, 0.25) is 5.91 Å². The molecule has 7 heteroatoms. The zero-order valence-corrected chi connectivity index (χ0v) is 13.4. The van der Waals surface area contributed by atoms with E-state index >= 15 is 0 Å². The highest BCUT2D eigenvalue weighted by molar-refractivity contribution is 6.22. The van der Waals surface area contributed by atoms with Crippen molar-refractivity contribution in [1.29, 1.82) is 0 Å². The zero-order valence-electron chi connectivity index (χ0n) is 13.4. The Morgan fingerprint density at radius 3 is 2.20 bits per heavy atom. The molecule has 1 aliphatic rings. The van der Waals surface area contributed by atoms with Crippen molar-refractivity contribution >= 4 is 35.0 Å². The number of fused-ring (bicyclic) bond motifs is 1. The first-order valence-electron chi connectivity index (χ1n) is 7.69. The molecule has 0 bridgehead atoms. The molecule has 0 aliphatic carbocycles.